The molecule has 0 saturated heterocycles. The van der Waals surface area contributed by atoms with Crippen LogP contribution in [0.3, 0.4) is 0 Å². The molecule has 252 valence electrons. The topological polar surface area (TPSA) is 154 Å². The summed E-state index contributed by atoms with van der Waals surface area (Å²) in [5.41, 5.74) is 5.81. The third-order valence-electron chi connectivity index (χ3n) is 7.59. The normalized spacial score (nSPS) is 13.2. The zero-order valence-corrected chi connectivity index (χ0v) is 29.7. The van der Waals surface area contributed by atoms with Crippen LogP contribution in [0.25, 0.3) is 0 Å². The molecule has 0 heterocycles. The van der Waals surface area contributed by atoms with Crippen LogP contribution >= 0.6 is 32.6 Å². The zero-order chi connectivity index (χ0) is 34.3. The van der Waals surface area contributed by atoms with Crippen LogP contribution in [0.5, 0.6) is 0 Å². The van der Waals surface area contributed by atoms with E-state index in [4.69, 9.17) is 10.5 Å². The number of rotatable bonds is 17. The molecule has 10 nitrogen and oxygen atoms in total. The molecule has 13 heteroatoms. The minimum absolute atomic E-state index is 0.00404. The first-order valence-corrected chi connectivity index (χ1v) is 20.6. The number of hydrogen-bond acceptors (Lipinski definition) is 9. The maximum absolute atomic E-state index is 13.6. The fourth-order valence-electron chi connectivity index (χ4n) is 5.06. The summed E-state index contributed by atoms with van der Waals surface area (Å²) < 4.78 is 9.47. The van der Waals surface area contributed by atoms with Crippen LogP contribution in [0.15, 0.2) is 91.0 Å². The number of amides is 2. The number of ether oxygens (including phenoxy) is 2. The Morgan fingerprint density at radius 3 is 1.83 bits per heavy atom. The summed E-state index contributed by atoms with van der Waals surface area (Å²) in [5, 5.41) is 4.74. The van der Waals surface area contributed by atoms with E-state index in [0.717, 1.165) is 27.7 Å². The summed E-state index contributed by atoms with van der Waals surface area (Å²) >= 11 is 5.26. The zero-order valence-electron chi connectivity index (χ0n) is 26.4. The van der Waals surface area contributed by atoms with E-state index >= 15 is 0 Å². The number of esters is 2. The molecule has 0 aliphatic rings. The Labute approximate surface area is 287 Å². The number of hydrogen-bond donors (Lipinski definition) is 3. The second kappa shape index (κ2) is 18.1. The van der Waals surface area contributed by atoms with Gasteiger partial charge in [-0.1, -0.05) is 0 Å². The first-order valence-electron chi connectivity index (χ1n) is 15.1. The van der Waals surface area contributed by atoms with Crippen molar-refractivity contribution in [3.05, 3.63) is 91.0 Å². The fraction of sp³-hybridized carbons (Fsp3) is 0.324. The molecule has 0 spiro atoms. The summed E-state index contributed by atoms with van der Waals surface area (Å²) in [6, 6.07) is 28.1. The molecule has 0 radical (unpaired) electrons. The molecule has 0 aliphatic carbocycles. The van der Waals surface area contributed by atoms with E-state index in [-0.39, 0.29) is 36.7 Å². The average Bonchev–Trinajstić information content (AvgIpc) is 3.11. The van der Waals surface area contributed by atoms with E-state index in [0.29, 0.717) is 6.16 Å². The van der Waals surface area contributed by atoms with Crippen molar-refractivity contribution in [2.45, 2.75) is 38.3 Å². The summed E-state index contributed by atoms with van der Waals surface area (Å²) in [7, 11) is 1.19. The molecule has 4 N–H and O–H groups in total. The van der Waals surface area contributed by atoms with Crippen molar-refractivity contribution in [2.24, 2.45) is 5.73 Å². The molecule has 0 bridgehead atoms. The van der Waals surface area contributed by atoms with Crippen LogP contribution in [0.2, 0.25) is 0 Å². The average molecular weight is 747 g/mol. The molecule has 3 aromatic carbocycles. The molecule has 0 saturated carbocycles. The SMILES string of the molecule is CCOC(=O)C(N)CCC(=O)NC(CSC(=O)CCP(Br)(c1ccccc1)(c1ccccc1)c1ccccc1)C(=O)NCC(=O)OC. The molecule has 2 atom stereocenters. The number of carbonyl (C=O) groups is 5. The van der Waals surface area contributed by atoms with Gasteiger partial charge >= 0.3 is 266 Å². The van der Waals surface area contributed by atoms with Gasteiger partial charge in [0, 0.05) is 0 Å². The molecule has 2 unspecified atom stereocenters. The van der Waals surface area contributed by atoms with Crippen molar-refractivity contribution in [1.82, 2.24) is 10.6 Å². The van der Waals surface area contributed by atoms with Crippen LogP contribution < -0.4 is 32.3 Å². The quantitative estimate of drug-likeness (QED) is 0.140. The number of nitrogens with one attached hydrogen (secondary N) is 2. The Kier molecular flexibility index (Phi) is 14.6. The van der Waals surface area contributed by atoms with Crippen molar-refractivity contribution >= 4 is 77.3 Å². The summed E-state index contributed by atoms with van der Waals surface area (Å²) in [5.74, 6) is -2.57. The fourth-order valence-corrected chi connectivity index (χ4v) is 13.4. The Bertz CT molecular complexity index is 1420. The minimum atomic E-state index is -3.35. The van der Waals surface area contributed by atoms with Crippen LogP contribution in [0.4, 0.5) is 0 Å². The molecular weight excluding hydrogens is 705 g/mol. The molecule has 2 amide bonds. The molecule has 3 rings (SSSR count). The summed E-state index contributed by atoms with van der Waals surface area (Å²) in [6.45, 7) is 1.41. The van der Waals surface area contributed by atoms with Gasteiger partial charge in [-0.2, -0.15) is 0 Å². The molecule has 47 heavy (non-hydrogen) atoms. The van der Waals surface area contributed by atoms with Crippen molar-refractivity contribution in [3.8, 4) is 0 Å². The van der Waals surface area contributed by atoms with Crippen molar-refractivity contribution in [3.63, 3.8) is 0 Å². The van der Waals surface area contributed by atoms with Gasteiger partial charge in [0.05, 0.1) is 6.61 Å². The third kappa shape index (κ3) is 9.96. The summed E-state index contributed by atoms with van der Waals surface area (Å²) in [6.07, 6.45) is 0.477. The number of thioether (sulfide) groups is 1. The van der Waals surface area contributed by atoms with Crippen molar-refractivity contribution in [2.75, 3.05) is 32.2 Å². The van der Waals surface area contributed by atoms with Gasteiger partial charge in [0.1, 0.15) is 0 Å². The van der Waals surface area contributed by atoms with Gasteiger partial charge in [-0.05, 0) is 6.92 Å². The Balaban J connectivity index is 1.81. The van der Waals surface area contributed by atoms with Gasteiger partial charge in [0.25, 0.3) is 0 Å². The van der Waals surface area contributed by atoms with E-state index in [1.807, 2.05) is 54.6 Å². The third-order valence-corrected chi connectivity index (χ3v) is 18.6. The molecular formula is C34H41BrN3O7PS. The Morgan fingerprint density at radius 2 is 1.36 bits per heavy atom. The van der Waals surface area contributed by atoms with E-state index in [1.165, 1.54) is 7.11 Å². The number of halogens is 1. The first-order chi connectivity index (χ1) is 22.5. The van der Waals surface area contributed by atoms with E-state index in [2.05, 4.69) is 67.3 Å². The molecule has 3 aromatic rings. The first kappa shape index (κ1) is 37.9. The Hall–Kier alpha value is -3.57. The van der Waals surface area contributed by atoms with E-state index < -0.39 is 47.7 Å². The number of benzene rings is 3. The molecule has 0 fully saturated rings. The van der Waals surface area contributed by atoms with Crippen LogP contribution in [0.1, 0.15) is 26.2 Å². The predicted octanol–water partition coefficient (Wildman–Crippen LogP) is 2.92. The van der Waals surface area contributed by atoms with Crippen LogP contribution in [-0.2, 0) is 33.4 Å². The number of nitrogens with two attached hydrogens (primary N) is 1. The Morgan fingerprint density at radius 1 is 0.851 bits per heavy atom. The van der Waals surface area contributed by atoms with Crippen molar-refractivity contribution in [1.29, 1.82) is 0 Å². The van der Waals surface area contributed by atoms with Gasteiger partial charge in [0.2, 0.25) is 0 Å². The van der Waals surface area contributed by atoms with Crippen molar-refractivity contribution < 1.29 is 33.4 Å². The second-order valence-electron chi connectivity index (χ2n) is 10.7. The predicted molar refractivity (Wildman–Crippen MR) is 192 cm³/mol. The monoisotopic (exact) mass is 745 g/mol. The van der Waals surface area contributed by atoms with Gasteiger partial charge in [0.15, 0.2) is 0 Å². The van der Waals surface area contributed by atoms with E-state index in [1.54, 1.807) is 6.92 Å². The van der Waals surface area contributed by atoms with Crippen LogP contribution in [-0.4, -0.2) is 73.1 Å². The van der Waals surface area contributed by atoms with Gasteiger partial charge < -0.3 is 4.74 Å². The number of carbonyl (C=O) groups excluding carboxylic acids is 5. The second-order valence-corrected chi connectivity index (χ2v) is 20.8. The molecule has 0 aliphatic heterocycles. The van der Waals surface area contributed by atoms with Gasteiger partial charge in [-0.15, -0.1) is 0 Å². The van der Waals surface area contributed by atoms with E-state index in [9.17, 15) is 24.0 Å². The van der Waals surface area contributed by atoms with Crippen LogP contribution in [0, 0.1) is 0 Å². The summed E-state index contributed by atoms with van der Waals surface area (Å²) in [4.78, 5) is 62.8. The van der Waals surface area contributed by atoms with Gasteiger partial charge in [-0.25, -0.2) is 0 Å². The number of methoxy groups -OCH3 is 1. The standard InChI is InChI=1S/C34H41BrN3O7PS/c1-3-45-34(43)28(36)19-20-30(39)38-29(33(42)37-23-31(40)44-2)24-47-32(41)21-22-46(35,25-13-7-4-8-14-25,26-15-9-5-10-16-26)27-17-11-6-12-18-27/h4-18,28-29H,3,19-24,36H2,1-2H3,(H,37,42)(H,38,39). The molecule has 0 aromatic heterocycles. The van der Waals surface area contributed by atoms with Gasteiger partial charge in [-0.3, -0.25) is 4.79 Å². The maximum atomic E-state index is 13.6.